The predicted molar refractivity (Wildman–Crippen MR) is 133 cm³/mol. The van der Waals surface area contributed by atoms with Gasteiger partial charge in [0.15, 0.2) is 6.61 Å². The van der Waals surface area contributed by atoms with Gasteiger partial charge in [-0.3, -0.25) is 9.59 Å². The number of hydrogen-bond acceptors (Lipinski definition) is 3. The Morgan fingerprint density at radius 1 is 1.06 bits per heavy atom. The third-order valence-corrected chi connectivity index (χ3v) is 6.01. The Morgan fingerprint density at radius 2 is 1.69 bits per heavy atom. The lowest BCUT2D eigenvalue weighted by molar-refractivity contribution is -0.142. The van der Waals surface area contributed by atoms with Gasteiger partial charge < -0.3 is 15.0 Å². The van der Waals surface area contributed by atoms with Crippen molar-refractivity contribution < 1.29 is 14.3 Å². The Labute approximate surface area is 200 Å². The van der Waals surface area contributed by atoms with Gasteiger partial charge in [-0.15, -0.1) is 0 Å². The van der Waals surface area contributed by atoms with Crippen LogP contribution in [-0.4, -0.2) is 35.4 Å². The molecule has 0 saturated carbocycles. The Kier molecular flexibility index (Phi) is 9.32. The van der Waals surface area contributed by atoms with E-state index in [1.807, 2.05) is 62.4 Å². The molecule has 174 valence electrons. The number of nitrogens with zero attached hydrogens (tertiary/aromatic N) is 1. The summed E-state index contributed by atoms with van der Waals surface area (Å²) in [6, 6.07) is 14.9. The summed E-state index contributed by atoms with van der Waals surface area (Å²) in [7, 11) is 0. The van der Waals surface area contributed by atoms with Crippen LogP contribution < -0.4 is 10.1 Å². The topological polar surface area (TPSA) is 58.6 Å². The van der Waals surface area contributed by atoms with Gasteiger partial charge in [0.25, 0.3) is 5.91 Å². The summed E-state index contributed by atoms with van der Waals surface area (Å²) in [6.45, 7) is 12.3. The van der Waals surface area contributed by atoms with E-state index >= 15 is 0 Å². The van der Waals surface area contributed by atoms with Crippen LogP contribution in [0.2, 0.25) is 0 Å². The number of carbonyl (C=O) groups excluding carboxylic acids is 2. The maximum Gasteiger partial charge on any atom is 0.261 e. The van der Waals surface area contributed by atoms with E-state index in [0.29, 0.717) is 12.3 Å². The Hall–Kier alpha value is -2.34. The van der Waals surface area contributed by atoms with E-state index in [1.165, 1.54) is 0 Å². The second-order valence-corrected chi connectivity index (χ2v) is 10.1. The molecule has 32 heavy (non-hydrogen) atoms. The quantitative estimate of drug-likeness (QED) is 0.495. The Morgan fingerprint density at radius 3 is 2.28 bits per heavy atom. The first kappa shape index (κ1) is 25.9. The van der Waals surface area contributed by atoms with E-state index < -0.39 is 6.04 Å². The van der Waals surface area contributed by atoms with Crippen molar-refractivity contribution in [3.63, 3.8) is 0 Å². The van der Waals surface area contributed by atoms with Gasteiger partial charge >= 0.3 is 0 Å². The van der Waals surface area contributed by atoms with Crippen LogP contribution in [0.4, 0.5) is 0 Å². The zero-order chi connectivity index (χ0) is 23.9. The summed E-state index contributed by atoms with van der Waals surface area (Å²) in [5.41, 5.74) is 1.87. The van der Waals surface area contributed by atoms with Crippen molar-refractivity contribution in [3.05, 3.63) is 64.1 Å². The van der Waals surface area contributed by atoms with Gasteiger partial charge in [0.05, 0.1) is 0 Å². The van der Waals surface area contributed by atoms with Crippen LogP contribution in [0.5, 0.6) is 5.75 Å². The number of carbonyl (C=O) groups is 2. The zero-order valence-corrected chi connectivity index (χ0v) is 21.5. The van der Waals surface area contributed by atoms with Crippen molar-refractivity contribution >= 4 is 27.7 Å². The molecule has 0 aromatic heterocycles. The number of halogens is 1. The fourth-order valence-corrected chi connectivity index (χ4v) is 3.53. The van der Waals surface area contributed by atoms with Crippen LogP contribution in [0, 0.1) is 0 Å². The third kappa shape index (κ3) is 7.37. The molecule has 0 unspecified atom stereocenters. The molecule has 0 fully saturated rings. The van der Waals surface area contributed by atoms with Gasteiger partial charge in [0, 0.05) is 17.1 Å². The van der Waals surface area contributed by atoms with Gasteiger partial charge in [-0.25, -0.2) is 0 Å². The second kappa shape index (κ2) is 11.5. The molecule has 0 radical (unpaired) electrons. The fourth-order valence-electron chi connectivity index (χ4n) is 3.27. The summed E-state index contributed by atoms with van der Waals surface area (Å²) in [6.07, 6.45) is 0.825. The highest BCUT2D eigenvalue weighted by atomic mass is 79.9. The van der Waals surface area contributed by atoms with Gasteiger partial charge in [-0.05, 0) is 55.0 Å². The number of rotatable bonds is 9. The average Bonchev–Trinajstić information content (AvgIpc) is 2.76. The summed E-state index contributed by atoms with van der Waals surface area (Å²) in [5.74, 6) is 0.289. The first-order chi connectivity index (χ1) is 15.0. The number of hydrogen-bond donors (Lipinski definition) is 1. The van der Waals surface area contributed by atoms with Gasteiger partial charge in [0.2, 0.25) is 5.91 Å². The monoisotopic (exact) mass is 502 g/mol. The molecule has 2 rings (SSSR count). The molecule has 5 nitrogen and oxygen atoms in total. The second-order valence-electron chi connectivity index (χ2n) is 9.18. The SMILES string of the molecule is CC[C@@H](C)NC(=O)[C@H](C)N(Cc1ccc(Br)cc1)C(=O)COc1ccccc1C(C)(C)C. The normalized spacial score (nSPS) is 13.2. The molecule has 0 aliphatic rings. The van der Waals surface area contributed by atoms with E-state index in [4.69, 9.17) is 4.74 Å². The maximum atomic E-state index is 13.3. The molecule has 2 aromatic carbocycles. The lowest BCUT2D eigenvalue weighted by Gasteiger charge is -2.30. The van der Waals surface area contributed by atoms with E-state index in [0.717, 1.165) is 22.0 Å². The fraction of sp³-hybridized carbons (Fsp3) is 0.462. The minimum atomic E-state index is -0.624. The predicted octanol–water partition coefficient (Wildman–Crippen LogP) is 5.46. The standard InChI is InChI=1S/C26H35BrN2O3/c1-7-18(2)28-25(31)19(3)29(16-20-12-14-21(27)15-13-20)24(30)17-32-23-11-9-8-10-22(23)26(4,5)6/h8-15,18-19H,7,16-17H2,1-6H3,(H,28,31)/t18-,19+/m1/s1. The molecular formula is C26H35BrN2O3. The molecule has 0 aliphatic heterocycles. The van der Waals surface area contributed by atoms with Crippen LogP contribution in [0.15, 0.2) is 53.0 Å². The lowest BCUT2D eigenvalue weighted by Crippen LogP contribution is -2.50. The van der Waals surface area contributed by atoms with E-state index in [2.05, 4.69) is 42.0 Å². The lowest BCUT2D eigenvalue weighted by atomic mass is 9.86. The Balaban J connectivity index is 2.21. The largest absolute Gasteiger partial charge is 0.483 e. The van der Waals surface area contributed by atoms with Crippen molar-refractivity contribution in [3.8, 4) is 5.75 Å². The number of ether oxygens (including phenoxy) is 1. The highest BCUT2D eigenvalue weighted by Gasteiger charge is 2.28. The molecule has 6 heteroatoms. The molecule has 0 spiro atoms. The van der Waals surface area contributed by atoms with Crippen molar-refractivity contribution in [1.82, 2.24) is 10.2 Å². The summed E-state index contributed by atoms with van der Waals surface area (Å²) < 4.78 is 6.93. The first-order valence-corrected chi connectivity index (χ1v) is 11.9. The first-order valence-electron chi connectivity index (χ1n) is 11.1. The molecule has 2 atom stereocenters. The summed E-state index contributed by atoms with van der Waals surface area (Å²) in [5, 5.41) is 2.98. The van der Waals surface area contributed by atoms with Crippen LogP contribution in [0.1, 0.15) is 59.1 Å². The zero-order valence-electron chi connectivity index (χ0n) is 19.9. The van der Waals surface area contributed by atoms with Gasteiger partial charge in [-0.1, -0.05) is 74.0 Å². The highest BCUT2D eigenvalue weighted by molar-refractivity contribution is 9.10. The van der Waals surface area contributed by atoms with Gasteiger partial charge in [0.1, 0.15) is 11.8 Å². The Bertz CT molecular complexity index is 906. The van der Waals surface area contributed by atoms with Crippen molar-refractivity contribution in [2.75, 3.05) is 6.61 Å². The number of benzene rings is 2. The van der Waals surface area contributed by atoms with E-state index in [-0.39, 0.29) is 29.9 Å². The molecule has 0 heterocycles. The molecule has 1 N–H and O–H groups in total. The average molecular weight is 503 g/mol. The summed E-state index contributed by atoms with van der Waals surface area (Å²) >= 11 is 3.44. The van der Waals surface area contributed by atoms with Crippen molar-refractivity contribution in [1.29, 1.82) is 0 Å². The number of nitrogens with one attached hydrogen (secondary N) is 1. The van der Waals surface area contributed by atoms with Crippen LogP contribution in [-0.2, 0) is 21.5 Å². The summed E-state index contributed by atoms with van der Waals surface area (Å²) in [4.78, 5) is 27.7. The van der Waals surface area contributed by atoms with Gasteiger partial charge in [-0.2, -0.15) is 0 Å². The molecule has 0 aliphatic carbocycles. The van der Waals surface area contributed by atoms with E-state index in [9.17, 15) is 9.59 Å². The molecular weight excluding hydrogens is 468 g/mol. The molecule has 2 amide bonds. The molecule has 0 bridgehead atoms. The minimum absolute atomic E-state index is 0.0458. The molecule has 0 saturated heterocycles. The maximum absolute atomic E-state index is 13.3. The highest BCUT2D eigenvalue weighted by Crippen LogP contribution is 2.31. The van der Waals surface area contributed by atoms with E-state index in [1.54, 1.807) is 11.8 Å². The minimum Gasteiger partial charge on any atom is -0.483 e. The van der Waals surface area contributed by atoms with Crippen molar-refractivity contribution in [2.24, 2.45) is 0 Å². The molecule has 2 aromatic rings. The van der Waals surface area contributed by atoms with Crippen LogP contribution in [0.3, 0.4) is 0 Å². The van der Waals surface area contributed by atoms with Crippen molar-refractivity contribution in [2.45, 2.75) is 72.0 Å². The third-order valence-electron chi connectivity index (χ3n) is 5.48. The number of amides is 2. The van der Waals surface area contributed by atoms with Crippen LogP contribution in [0.25, 0.3) is 0 Å². The van der Waals surface area contributed by atoms with Crippen LogP contribution >= 0.6 is 15.9 Å². The smallest absolute Gasteiger partial charge is 0.261 e. The number of para-hydroxylation sites is 1.